The van der Waals surface area contributed by atoms with Crippen molar-refractivity contribution in [3.63, 3.8) is 0 Å². The van der Waals surface area contributed by atoms with Crippen LogP contribution in [0.1, 0.15) is 29.2 Å². The van der Waals surface area contributed by atoms with E-state index < -0.39 is 0 Å². The highest BCUT2D eigenvalue weighted by molar-refractivity contribution is 5.69. The number of nitrogens with one attached hydrogen (secondary N) is 2. The van der Waals surface area contributed by atoms with Crippen molar-refractivity contribution in [2.75, 3.05) is 10.6 Å². The van der Waals surface area contributed by atoms with Crippen molar-refractivity contribution in [3.8, 4) is 6.07 Å². The third-order valence-corrected chi connectivity index (χ3v) is 4.09. The van der Waals surface area contributed by atoms with Gasteiger partial charge in [-0.15, -0.1) is 0 Å². The van der Waals surface area contributed by atoms with Crippen molar-refractivity contribution in [1.29, 1.82) is 5.26 Å². The van der Waals surface area contributed by atoms with Gasteiger partial charge in [-0.25, -0.2) is 4.98 Å². The van der Waals surface area contributed by atoms with E-state index in [-0.39, 0.29) is 0 Å². The number of benzene rings is 2. The van der Waals surface area contributed by atoms with Crippen LogP contribution >= 0.6 is 0 Å². The summed E-state index contributed by atoms with van der Waals surface area (Å²) in [4.78, 5) is 8.80. The fraction of sp³-hybridized carbons (Fsp3) is 0.136. The molecule has 5 heteroatoms. The van der Waals surface area contributed by atoms with Gasteiger partial charge in [0.2, 0.25) is 5.95 Å². The number of aryl methyl sites for hydroxylation is 2. The number of aromatic nitrogens is 2. The maximum absolute atomic E-state index is 8.88. The molecule has 0 aliphatic carbocycles. The SMILES string of the molecule is C/C=C/c1cc(C)c(Nc2ccnc(Nc3ccc(C#N)cc3)n2)c(C)c1. The summed E-state index contributed by atoms with van der Waals surface area (Å²) in [5.41, 5.74) is 5.99. The van der Waals surface area contributed by atoms with Gasteiger partial charge in [-0.1, -0.05) is 12.2 Å². The van der Waals surface area contributed by atoms with Gasteiger partial charge in [-0.2, -0.15) is 10.2 Å². The highest BCUT2D eigenvalue weighted by atomic mass is 15.1. The van der Waals surface area contributed by atoms with Gasteiger partial charge in [-0.05, 0) is 79.9 Å². The van der Waals surface area contributed by atoms with Gasteiger partial charge < -0.3 is 10.6 Å². The lowest BCUT2D eigenvalue weighted by atomic mass is 10.0. The largest absolute Gasteiger partial charge is 0.340 e. The number of rotatable bonds is 5. The second-order valence-corrected chi connectivity index (χ2v) is 6.23. The maximum atomic E-state index is 8.88. The van der Waals surface area contributed by atoms with Crippen molar-refractivity contribution in [2.45, 2.75) is 20.8 Å². The van der Waals surface area contributed by atoms with E-state index in [1.807, 2.05) is 31.2 Å². The summed E-state index contributed by atoms with van der Waals surface area (Å²) in [7, 11) is 0. The molecule has 0 spiro atoms. The average molecular weight is 355 g/mol. The Kier molecular flexibility index (Phi) is 5.48. The van der Waals surface area contributed by atoms with Crippen LogP contribution in [0.25, 0.3) is 6.08 Å². The Morgan fingerprint density at radius 1 is 1.00 bits per heavy atom. The molecule has 0 aliphatic heterocycles. The van der Waals surface area contributed by atoms with Crippen LogP contribution in [0.5, 0.6) is 0 Å². The van der Waals surface area contributed by atoms with E-state index in [9.17, 15) is 0 Å². The van der Waals surface area contributed by atoms with E-state index in [0.717, 1.165) is 22.5 Å². The molecule has 0 unspecified atom stereocenters. The van der Waals surface area contributed by atoms with E-state index in [1.165, 1.54) is 5.56 Å². The summed E-state index contributed by atoms with van der Waals surface area (Å²) in [6.45, 7) is 6.18. The van der Waals surface area contributed by atoms with Crippen molar-refractivity contribution in [3.05, 3.63) is 77.0 Å². The Balaban J connectivity index is 1.81. The smallest absolute Gasteiger partial charge is 0.229 e. The van der Waals surface area contributed by atoms with Crippen molar-refractivity contribution >= 4 is 29.2 Å². The summed E-state index contributed by atoms with van der Waals surface area (Å²) in [5.74, 6) is 1.21. The second-order valence-electron chi connectivity index (χ2n) is 6.23. The lowest BCUT2D eigenvalue weighted by Crippen LogP contribution is -2.02. The van der Waals surface area contributed by atoms with Crippen molar-refractivity contribution in [1.82, 2.24) is 9.97 Å². The second kappa shape index (κ2) is 8.15. The Bertz CT molecular complexity index is 991. The number of hydrogen-bond donors (Lipinski definition) is 2. The number of anilines is 4. The Hall–Kier alpha value is -3.65. The number of nitriles is 1. The molecule has 0 bridgehead atoms. The topological polar surface area (TPSA) is 73.6 Å². The first kappa shape index (κ1) is 18.2. The van der Waals surface area contributed by atoms with Crippen LogP contribution in [0.3, 0.4) is 0 Å². The highest BCUT2D eigenvalue weighted by Crippen LogP contribution is 2.26. The molecule has 0 radical (unpaired) electrons. The molecule has 3 rings (SSSR count). The standard InChI is InChI=1S/C22H21N5/c1-4-5-18-12-15(2)21(16(3)13-18)26-20-10-11-24-22(27-20)25-19-8-6-17(14-23)7-9-19/h4-13H,1-3H3,(H2,24,25,26,27)/b5-4+. The average Bonchev–Trinajstić information content (AvgIpc) is 2.66. The molecule has 1 heterocycles. The highest BCUT2D eigenvalue weighted by Gasteiger charge is 2.07. The van der Waals surface area contributed by atoms with Gasteiger partial charge >= 0.3 is 0 Å². The quantitative estimate of drug-likeness (QED) is 0.633. The number of nitrogens with zero attached hydrogens (tertiary/aromatic N) is 3. The predicted octanol–water partition coefficient (Wildman–Crippen LogP) is 5.49. The molecule has 0 atom stereocenters. The zero-order valence-corrected chi connectivity index (χ0v) is 15.6. The van der Waals surface area contributed by atoms with E-state index in [2.05, 4.69) is 58.7 Å². The van der Waals surface area contributed by atoms with E-state index in [4.69, 9.17) is 5.26 Å². The number of hydrogen-bond acceptors (Lipinski definition) is 5. The van der Waals surface area contributed by atoms with Crippen LogP contribution in [0.2, 0.25) is 0 Å². The van der Waals surface area contributed by atoms with Gasteiger partial charge in [0.15, 0.2) is 0 Å². The zero-order chi connectivity index (χ0) is 19.2. The molecule has 0 aliphatic rings. The summed E-state index contributed by atoms with van der Waals surface area (Å²) >= 11 is 0. The predicted molar refractivity (Wildman–Crippen MR) is 110 cm³/mol. The fourth-order valence-electron chi connectivity index (χ4n) is 2.86. The van der Waals surface area contributed by atoms with Crippen LogP contribution in [0.15, 0.2) is 54.7 Å². The van der Waals surface area contributed by atoms with Crippen LogP contribution < -0.4 is 10.6 Å². The fourth-order valence-corrected chi connectivity index (χ4v) is 2.86. The Labute approximate surface area is 159 Å². The first-order valence-electron chi connectivity index (χ1n) is 8.70. The van der Waals surface area contributed by atoms with Gasteiger partial charge in [0, 0.05) is 17.6 Å². The monoisotopic (exact) mass is 355 g/mol. The zero-order valence-electron chi connectivity index (χ0n) is 15.6. The normalized spacial score (nSPS) is 10.6. The van der Waals surface area contributed by atoms with E-state index in [1.54, 1.807) is 18.3 Å². The molecule has 0 fully saturated rings. The van der Waals surface area contributed by atoms with Crippen LogP contribution in [0.4, 0.5) is 23.1 Å². The summed E-state index contributed by atoms with van der Waals surface area (Å²) in [6.07, 6.45) is 5.83. The van der Waals surface area contributed by atoms with Gasteiger partial charge in [0.25, 0.3) is 0 Å². The van der Waals surface area contributed by atoms with Gasteiger partial charge in [-0.3, -0.25) is 0 Å². The van der Waals surface area contributed by atoms with Gasteiger partial charge in [0.05, 0.1) is 11.6 Å². The molecule has 0 amide bonds. The molecule has 2 aromatic carbocycles. The van der Waals surface area contributed by atoms with Crippen molar-refractivity contribution < 1.29 is 0 Å². The first-order valence-corrected chi connectivity index (χ1v) is 8.70. The minimum absolute atomic E-state index is 0.491. The molecule has 0 saturated carbocycles. The molecular formula is C22H21N5. The molecule has 1 aromatic heterocycles. The van der Waals surface area contributed by atoms with Crippen molar-refractivity contribution in [2.24, 2.45) is 0 Å². The third kappa shape index (κ3) is 4.50. The molecule has 5 nitrogen and oxygen atoms in total. The molecule has 134 valence electrons. The maximum Gasteiger partial charge on any atom is 0.229 e. The molecule has 2 N–H and O–H groups in total. The van der Waals surface area contributed by atoms with Crippen LogP contribution in [-0.4, -0.2) is 9.97 Å². The van der Waals surface area contributed by atoms with E-state index in [0.29, 0.717) is 17.3 Å². The summed E-state index contributed by atoms with van der Waals surface area (Å²) < 4.78 is 0. The molecule has 3 aromatic rings. The molecule has 0 saturated heterocycles. The minimum atomic E-state index is 0.491. The third-order valence-electron chi connectivity index (χ3n) is 4.09. The lowest BCUT2D eigenvalue weighted by molar-refractivity contribution is 1.16. The minimum Gasteiger partial charge on any atom is -0.340 e. The summed E-state index contributed by atoms with van der Waals surface area (Å²) in [5, 5.41) is 15.4. The summed E-state index contributed by atoms with van der Waals surface area (Å²) in [6, 6.07) is 15.4. The number of allylic oxidation sites excluding steroid dienone is 1. The first-order chi connectivity index (χ1) is 13.1. The molecule has 27 heavy (non-hydrogen) atoms. The Morgan fingerprint density at radius 3 is 2.33 bits per heavy atom. The van der Waals surface area contributed by atoms with E-state index >= 15 is 0 Å². The molecular weight excluding hydrogens is 334 g/mol. The Morgan fingerprint density at radius 2 is 1.70 bits per heavy atom. The lowest BCUT2D eigenvalue weighted by Gasteiger charge is -2.14. The van der Waals surface area contributed by atoms with Crippen LogP contribution in [-0.2, 0) is 0 Å². The van der Waals surface area contributed by atoms with Crippen LogP contribution in [0, 0.1) is 25.2 Å². The van der Waals surface area contributed by atoms with Gasteiger partial charge in [0.1, 0.15) is 5.82 Å².